The Bertz CT molecular complexity index is 179. The molecule has 0 radical (unpaired) electrons. The van der Waals surface area contributed by atoms with E-state index in [1.54, 1.807) is 0 Å². The summed E-state index contributed by atoms with van der Waals surface area (Å²) < 4.78 is 0. The molecule has 0 aromatic heterocycles. The molecule has 2 atom stereocenters. The molecule has 0 saturated carbocycles. The van der Waals surface area contributed by atoms with Gasteiger partial charge >= 0.3 is 0 Å². The quantitative estimate of drug-likeness (QED) is 0.639. The zero-order valence-corrected chi connectivity index (χ0v) is 9.16. The summed E-state index contributed by atoms with van der Waals surface area (Å²) in [4.78, 5) is 5.25. The SMILES string of the molecule is CC(C)N(C)C1CCN2CCCC12. The molecule has 2 unspecified atom stereocenters. The number of hydrogen-bond donors (Lipinski definition) is 0. The maximum atomic E-state index is 2.68. The van der Waals surface area contributed by atoms with Crippen LogP contribution in [0.1, 0.15) is 33.1 Å². The van der Waals surface area contributed by atoms with Gasteiger partial charge in [-0.05, 0) is 46.7 Å². The van der Waals surface area contributed by atoms with Gasteiger partial charge in [-0.1, -0.05) is 0 Å². The highest BCUT2D eigenvalue weighted by atomic mass is 15.3. The summed E-state index contributed by atoms with van der Waals surface area (Å²) in [6.45, 7) is 7.30. The molecule has 2 aliphatic heterocycles. The van der Waals surface area contributed by atoms with E-state index in [1.165, 1.54) is 32.4 Å². The van der Waals surface area contributed by atoms with E-state index in [-0.39, 0.29) is 0 Å². The second-order valence-electron chi connectivity index (χ2n) is 4.86. The Hall–Kier alpha value is -0.0800. The third-order valence-corrected chi connectivity index (χ3v) is 3.91. The van der Waals surface area contributed by atoms with Gasteiger partial charge in [-0.2, -0.15) is 0 Å². The highest BCUT2D eigenvalue weighted by Gasteiger charge is 2.39. The van der Waals surface area contributed by atoms with Gasteiger partial charge in [0.1, 0.15) is 0 Å². The van der Waals surface area contributed by atoms with Crippen LogP contribution in [0.2, 0.25) is 0 Å². The minimum absolute atomic E-state index is 0.700. The summed E-state index contributed by atoms with van der Waals surface area (Å²) in [5.41, 5.74) is 0. The third kappa shape index (κ3) is 1.62. The van der Waals surface area contributed by atoms with Gasteiger partial charge < -0.3 is 0 Å². The molecule has 0 N–H and O–H groups in total. The van der Waals surface area contributed by atoms with Gasteiger partial charge in [-0.3, -0.25) is 9.80 Å². The first-order chi connectivity index (χ1) is 6.20. The number of nitrogens with zero attached hydrogens (tertiary/aromatic N) is 2. The minimum atomic E-state index is 0.700. The smallest absolute Gasteiger partial charge is 0.0263 e. The second kappa shape index (κ2) is 3.58. The van der Waals surface area contributed by atoms with Crippen molar-refractivity contribution in [3.8, 4) is 0 Å². The average Bonchev–Trinajstić information content (AvgIpc) is 2.61. The fourth-order valence-electron chi connectivity index (χ4n) is 2.91. The van der Waals surface area contributed by atoms with Crippen LogP contribution in [0.5, 0.6) is 0 Å². The fraction of sp³-hybridized carbons (Fsp3) is 1.00. The van der Waals surface area contributed by atoms with Gasteiger partial charge in [0.2, 0.25) is 0 Å². The van der Waals surface area contributed by atoms with Crippen molar-refractivity contribution in [2.75, 3.05) is 20.1 Å². The molecule has 2 aliphatic rings. The predicted octanol–water partition coefficient (Wildman–Crippen LogP) is 1.56. The Morgan fingerprint density at radius 2 is 2.00 bits per heavy atom. The van der Waals surface area contributed by atoms with Crippen LogP contribution in [0.25, 0.3) is 0 Å². The standard InChI is InChI=1S/C11H22N2/c1-9(2)12(3)10-6-8-13-7-4-5-11(10)13/h9-11H,4-8H2,1-3H3. The van der Waals surface area contributed by atoms with E-state index in [0.29, 0.717) is 6.04 Å². The first kappa shape index (κ1) is 9.47. The van der Waals surface area contributed by atoms with Gasteiger partial charge in [-0.25, -0.2) is 0 Å². The molecule has 0 aromatic carbocycles. The van der Waals surface area contributed by atoms with E-state index in [4.69, 9.17) is 0 Å². The molecule has 0 aliphatic carbocycles. The first-order valence-electron chi connectivity index (χ1n) is 5.66. The van der Waals surface area contributed by atoms with E-state index in [2.05, 4.69) is 30.7 Å². The van der Waals surface area contributed by atoms with Crippen molar-refractivity contribution in [1.82, 2.24) is 9.80 Å². The molecular formula is C11H22N2. The highest BCUT2D eigenvalue weighted by Crippen LogP contribution is 2.31. The van der Waals surface area contributed by atoms with E-state index < -0.39 is 0 Å². The van der Waals surface area contributed by atoms with E-state index in [9.17, 15) is 0 Å². The van der Waals surface area contributed by atoms with Gasteiger partial charge in [-0.15, -0.1) is 0 Å². The van der Waals surface area contributed by atoms with Crippen LogP contribution in [0, 0.1) is 0 Å². The molecule has 2 nitrogen and oxygen atoms in total. The molecule has 76 valence electrons. The molecule has 2 fully saturated rings. The molecule has 13 heavy (non-hydrogen) atoms. The predicted molar refractivity (Wildman–Crippen MR) is 55.9 cm³/mol. The Morgan fingerprint density at radius 3 is 2.69 bits per heavy atom. The fourth-order valence-corrected chi connectivity index (χ4v) is 2.91. The number of rotatable bonds is 2. The highest BCUT2D eigenvalue weighted by molar-refractivity contribution is 4.96. The summed E-state index contributed by atoms with van der Waals surface area (Å²) in [5, 5.41) is 0. The van der Waals surface area contributed by atoms with Crippen molar-refractivity contribution < 1.29 is 0 Å². The molecule has 0 spiro atoms. The molecule has 2 saturated heterocycles. The first-order valence-corrected chi connectivity index (χ1v) is 5.66. The molecular weight excluding hydrogens is 160 g/mol. The summed E-state index contributed by atoms with van der Waals surface area (Å²) in [5.74, 6) is 0. The zero-order chi connectivity index (χ0) is 9.42. The van der Waals surface area contributed by atoms with E-state index >= 15 is 0 Å². The summed E-state index contributed by atoms with van der Waals surface area (Å²) in [6.07, 6.45) is 4.24. The normalized spacial score (nSPS) is 34.8. The molecule has 0 amide bonds. The van der Waals surface area contributed by atoms with Gasteiger partial charge in [0.25, 0.3) is 0 Å². The monoisotopic (exact) mass is 182 g/mol. The average molecular weight is 182 g/mol. The van der Waals surface area contributed by atoms with Crippen molar-refractivity contribution in [3.63, 3.8) is 0 Å². The minimum Gasteiger partial charge on any atom is -0.299 e. The van der Waals surface area contributed by atoms with E-state index in [1.807, 2.05) is 0 Å². The lowest BCUT2D eigenvalue weighted by atomic mass is 10.0. The maximum absolute atomic E-state index is 2.68. The lowest BCUT2D eigenvalue weighted by Gasteiger charge is -2.32. The lowest BCUT2D eigenvalue weighted by molar-refractivity contribution is 0.159. The van der Waals surface area contributed by atoms with Gasteiger partial charge in [0, 0.05) is 24.7 Å². The van der Waals surface area contributed by atoms with Crippen LogP contribution < -0.4 is 0 Å². The van der Waals surface area contributed by atoms with Crippen LogP contribution in [-0.4, -0.2) is 48.1 Å². The molecule has 0 aromatic rings. The largest absolute Gasteiger partial charge is 0.299 e. The van der Waals surface area contributed by atoms with Crippen molar-refractivity contribution in [3.05, 3.63) is 0 Å². The number of likely N-dealkylation sites (N-methyl/N-ethyl adjacent to an activating group) is 1. The van der Waals surface area contributed by atoms with E-state index in [0.717, 1.165) is 12.1 Å². The summed E-state index contributed by atoms with van der Waals surface area (Å²) >= 11 is 0. The molecule has 2 heterocycles. The topological polar surface area (TPSA) is 6.48 Å². The zero-order valence-electron chi connectivity index (χ0n) is 9.16. The van der Waals surface area contributed by atoms with Crippen LogP contribution in [-0.2, 0) is 0 Å². The van der Waals surface area contributed by atoms with Crippen LogP contribution in [0.15, 0.2) is 0 Å². The van der Waals surface area contributed by atoms with Crippen molar-refractivity contribution >= 4 is 0 Å². The Balaban J connectivity index is 2.00. The maximum Gasteiger partial charge on any atom is 0.0263 e. The van der Waals surface area contributed by atoms with Crippen molar-refractivity contribution in [1.29, 1.82) is 0 Å². The van der Waals surface area contributed by atoms with Crippen LogP contribution in [0.4, 0.5) is 0 Å². The van der Waals surface area contributed by atoms with Crippen LogP contribution >= 0.6 is 0 Å². The van der Waals surface area contributed by atoms with Crippen molar-refractivity contribution in [2.45, 2.75) is 51.2 Å². The Kier molecular flexibility index (Phi) is 2.61. The Labute approximate surface area is 81.9 Å². The lowest BCUT2D eigenvalue weighted by Crippen LogP contribution is -2.43. The summed E-state index contributed by atoms with van der Waals surface area (Å²) in [6, 6.07) is 2.42. The number of hydrogen-bond acceptors (Lipinski definition) is 2. The Morgan fingerprint density at radius 1 is 1.23 bits per heavy atom. The third-order valence-electron chi connectivity index (χ3n) is 3.91. The van der Waals surface area contributed by atoms with Crippen LogP contribution in [0.3, 0.4) is 0 Å². The molecule has 0 bridgehead atoms. The van der Waals surface area contributed by atoms with Crippen molar-refractivity contribution in [2.24, 2.45) is 0 Å². The number of fused-ring (bicyclic) bond motifs is 1. The van der Waals surface area contributed by atoms with Gasteiger partial charge in [0.05, 0.1) is 0 Å². The summed E-state index contributed by atoms with van der Waals surface area (Å²) in [7, 11) is 2.29. The second-order valence-corrected chi connectivity index (χ2v) is 4.86. The molecule has 2 heteroatoms. The molecule has 2 rings (SSSR count). The van der Waals surface area contributed by atoms with Gasteiger partial charge in [0.15, 0.2) is 0 Å².